The SMILES string of the molecule is C[C@@H]1CN(Cc2ccccc2)CCN1C(=O)[C@H]1CCNC1. The van der Waals surface area contributed by atoms with Gasteiger partial charge in [-0.3, -0.25) is 9.69 Å². The maximum atomic E-state index is 12.5. The van der Waals surface area contributed by atoms with Gasteiger partial charge >= 0.3 is 0 Å². The predicted octanol–water partition coefficient (Wildman–Crippen LogP) is 1.33. The van der Waals surface area contributed by atoms with Crippen LogP contribution in [0, 0.1) is 5.92 Å². The zero-order valence-corrected chi connectivity index (χ0v) is 12.8. The summed E-state index contributed by atoms with van der Waals surface area (Å²) in [7, 11) is 0. The molecule has 2 aliphatic rings. The molecule has 1 N–H and O–H groups in total. The Labute approximate surface area is 127 Å². The molecule has 1 aromatic carbocycles. The molecule has 0 unspecified atom stereocenters. The lowest BCUT2D eigenvalue weighted by Crippen LogP contribution is -2.55. The monoisotopic (exact) mass is 287 g/mol. The fourth-order valence-corrected chi connectivity index (χ4v) is 3.45. The zero-order valence-electron chi connectivity index (χ0n) is 12.8. The lowest BCUT2D eigenvalue weighted by atomic mass is 10.0. The number of hydrogen-bond acceptors (Lipinski definition) is 3. The van der Waals surface area contributed by atoms with Crippen molar-refractivity contribution in [3.8, 4) is 0 Å². The molecule has 0 spiro atoms. The zero-order chi connectivity index (χ0) is 14.7. The number of hydrogen-bond donors (Lipinski definition) is 1. The van der Waals surface area contributed by atoms with Gasteiger partial charge < -0.3 is 10.2 Å². The quantitative estimate of drug-likeness (QED) is 0.911. The lowest BCUT2D eigenvalue weighted by molar-refractivity contribution is -0.139. The first-order valence-corrected chi connectivity index (χ1v) is 8.01. The van der Waals surface area contributed by atoms with Crippen LogP contribution in [0.4, 0.5) is 0 Å². The molecular formula is C17H25N3O. The largest absolute Gasteiger partial charge is 0.337 e. The second kappa shape index (κ2) is 6.58. The third-order valence-electron chi connectivity index (χ3n) is 4.65. The van der Waals surface area contributed by atoms with Crippen molar-refractivity contribution in [1.29, 1.82) is 0 Å². The first-order chi connectivity index (χ1) is 10.2. The Morgan fingerprint density at radius 1 is 1.29 bits per heavy atom. The second-order valence-corrected chi connectivity index (χ2v) is 6.29. The first kappa shape index (κ1) is 14.5. The molecule has 0 bridgehead atoms. The highest BCUT2D eigenvalue weighted by Gasteiger charge is 2.32. The topological polar surface area (TPSA) is 35.6 Å². The molecule has 21 heavy (non-hydrogen) atoms. The second-order valence-electron chi connectivity index (χ2n) is 6.29. The molecular weight excluding hydrogens is 262 g/mol. The summed E-state index contributed by atoms with van der Waals surface area (Å²) in [5.74, 6) is 0.556. The minimum atomic E-state index is 0.202. The van der Waals surface area contributed by atoms with Gasteiger partial charge in [-0.15, -0.1) is 0 Å². The predicted molar refractivity (Wildman–Crippen MR) is 83.9 cm³/mol. The summed E-state index contributed by atoms with van der Waals surface area (Å²) in [6.07, 6.45) is 0.996. The maximum Gasteiger partial charge on any atom is 0.227 e. The number of piperazine rings is 1. The third kappa shape index (κ3) is 3.44. The van der Waals surface area contributed by atoms with Gasteiger partial charge in [0, 0.05) is 38.8 Å². The van der Waals surface area contributed by atoms with Gasteiger partial charge in [0.2, 0.25) is 5.91 Å². The molecule has 2 aliphatic heterocycles. The Kier molecular flexibility index (Phi) is 4.56. The molecule has 0 aromatic heterocycles. The number of benzene rings is 1. The van der Waals surface area contributed by atoms with E-state index in [1.54, 1.807) is 0 Å². The molecule has 0 radical (unpaired) electrons. The smallest absolute Gasteiger partial charge is 0.227 e. The van der Waals surface area contributed by atoms with Gasteiger partial charge in [0.1, 0.15) is 0 Å². The van der Waals surface area contributed by atoms with Crippen molar-refractivity contribution in [2.24, 2.45) is 5.92 Å². The van der Waals surface area contributed by atoms with Gasteiger partial charge in [0.15, 0.2) is 0 Å². The van der Waals surface area contributed by atoms with Crippen molar-refractivity contribution < 1.29 is 4.79 Å². The standard InChI is InChI=1S/C17H25N3O/c1-14-12-19(13-15-5-3-2-4-6-15)9-10-20(14)17(21)16-7-8-18-11-16/h2-6,14,16,18H,7-13H2,1H3/t14-,16+/m1/s1. The Morgan fingerprint density at radius 3 is 2.76 bits per heavy atom. The third-order valence-corrected chi connectivity index (χ3v) is 4.65. The van der Waals surface area contributed by atoms with Gasteiger partial charge in [-0.2, -0.15) is 0 Å². The molecule has 1 aromatic rings. The van der Waals surface area contributed by atoms with Gasteiger partial charge in [-0.1, -0.05) is 30.3 Å². The van der Waals surface area contributed by atoms with E-state index in [1.807, 2.05) is 0 Å². The molecule has 2 fully saturated rings. The van der Waals surface area contributed by atoms with Gasteiger partial charge in [-0.25, -0.2) is 0 Å². The molecule has 2 atom stereocenters. The minimum Gasteiger partial charge on any atom is -0.337 e. The van der Waals surface area contributed by atoms with Crippen LogP contribution in [0.2, 0.25) is 0 Å². The van der Waals surface area contributed by atoms with Crippen LogP contribution in [-0.2, 0) is 11.3 Å². The van der Waals surface area contributed by atoms with E-state index in [-0.39, 0.29) is 5.92 Å². The van der Waals surface area contributed by atoms with Crippen molar-refractivity contribution >= 4 is 5.91 Å². The number of nitrogens with zero attached hydrogens (tertiary/aromatic N) is 2. The van der Waals surface area contributed by atoms with Crippen LogP contribution in [0.1, 0.15) is 18.9 Å². The van der Waals surface area contributed by atoms with Crippen LogP contribution >= 0.6 is 0 Å². The van der Waals surface area contributed by atoms with E-state index in [1.165, 1.54) is 5.56 Å². The average Bonchev–Trinajstić information content (AvgIpc) is 3.02. The lowest BCUT2D eigenvalue weighted by Gasteiger charge is -2.41. The molecule has 2 heterocycles. The number of carbonyl (C=O) groups excluding carboxylic acids is 1. The summed E-state index contributed by atoms with van der Waals surface area (Å²) >= 11 is 0. The summed E-state index contributed by atoms with van der Waals surface area (Å²) in [6, 6.07) is 10.9. The minimum absolute atomic E-state index is 0.202. The van der Waals surface area contributed by atoms with E-state index in [2.05, 4.69) is 52.4 Å². The normalized spacial score (nSPS) is 27.0. The summed E-state index contributed by atoms with van der Waals surface area (Å²) < 4.78 is 0. The van der Waals surface area contributed by atoms with Gasteiger partial charge in [0.25, 0.3) is 0 Å². The van der Waals surface area contributed by atoms with E-state index in [0.717, 1.165) is 45.7 Å². The van der Waals surface area contributed by atoms with Crippen LogP contribution in [0.3, 0.4) is 0 Å². The van der Waals surface area contributed by atoms with E-state index in [4.69, 9.17) is 0 Å². The first-order valence-electron chi connectivity index (χ1n) is 8.01. The number of amides is 1. The van der Waals surface area contributed by atoms with Crippen molar-refractivity contribution in [2.45, 2.75) is 25.9 Å². The van der Waals surface area contributed by atoms with Crippen molar-refractivity contribution in [2.75, 3.05) is 32.7 Å². The fraction of sp³-hybridized carbons (Fsp3) is 0.588. The van der Waals surface area contributed by atoms with Gasteiger partial charge in [0.05, 0.1) is 5.92 Å². The summed E-state index contributed by atoms with van der Waals surface area (Å²) in [4.78, 5) is 17.1. The Hall–Kier alpha value is -1.39. The van der Waals surface area contributed by atoms with Crippen LogP contribution in [-0.4, -0.2) is 54.5 Å². The molecule has 114 valence electrons. The Morgan fingerprint density at radius 2 is 2.10 bits per heavy atom. The summed E-state index contributed by atoms with van der Waals surface area (Å²) in [5, 5.41) is 3.29. The Balaban J connectivity index is 1.55. The van der Waals surface area contributed by atoms with E-state index in [0.29, 0.717) is 11.9 Å². The van der Waals surface area contributed by atoms with Gasteiger partial charge in [-0.05, 0) is 25.5 Å². The molecule has 0 saturated carbocycles. The van der Waals surface area contributed by atoms with Crippen molar-refractivity contribution in [3.63, 3.8) is 0 Å². The average molecular weight is 287 g/mol. The molecule has 4 heteroatoms. The van der Waals surface area contributed by atoms with Crippen molar-refractivity contribution in [3.05, 3.63) is 35.9 Å². The number of carbonyl (C=O) groups is 1. The maximum absolute atomic E-state index is 12.5. The highest BCUT2D eigenvalue weighted by Crippen LogP contribution is 2.18. The highest BCUT2D eigenvalue weighted by atomic mass is 16.2. The van der Waals surface area contributed by atoms with Crippen LogP contribution < -0.4 is 5.32 Å². The van der Waals surface area contributed by atoms with Crippen LogP contribution in [0.25, 0.3) is 0 Å². The van der Waals surface area contributed by atoms with E-state index in [9.17, 15) is 4.79 Å². The highest BCUT2D eigenvalue weighted by molar-refractivity contribution is 5.79. The number of nitrogens with one attached hydrogen (secondary N) is 1. The van der Waals surface area contributed by atoms with Crippen LogP contribution in [0.5, 0.6) is 0 Å². The van der Waals surface area contributed by atoms with E-state index < -0.39 is 0 Å². The molecule has 4 nitrogen and oxygen atoms in total. The molecule has 1 amide bonds. The summed E-state index contributed by atoms with van der Waals surface area (Å²) in [6.45, 7) is 7.82. The Bertz CT molecular complexity index is 470. The number of rotatable bonds is 3. The molecule has 2 saturated heterocycles. The fourth-order valence-electron chi connectivity index (χ4n) is 3.45. The summed E-state index contributed by atoms with van der Waals surface area (Å²) in [5.41, 5.74) is 1.35. The van der Waals surface area contributed by atoms with Crippen LogP contribution in [0.15, 0.2) is 30.3 Å². The molecule has 3 rings (SSSR count). The van der Waals surface area contributed by atoms with Crippen molar-refractivity contribution in [1.82, 2.24) is 15.1 Å². The molecule has 0 aliphatic carbocycles. The van der Waals surface area contributed by atoms with E-state index >= 15 is 0 Å².